The van der Waals surface area contributed by atoms with Crippen LogP contribution in [-0.2, 0) is 0 Å². The fourth-order valence-electron chi connectivity index (χ4n) is 1.55. The van der Waals surface area contributed by atoms with Crippen LogP contribution in [0.25, 0.3) is 5.57 Å². The van der Waals surface area contributed by atoms with Gasteiger partial charge in [-0.15, -0.1) is 10.2 Å². The summed E-state index contributed by atoms with van der Waals surface area (Å²) in [6.45, 7) is 4.04. The van der Waals surface area contributed by atoms with E-state index in [2.05, 4.69) is 32.0 Å². The van der Waals surface area contributed by atoms with Crippen LogP contribution in [0.4, 0.5) is 5.69 Å². The van der Waals surface area contributed by atoms with Crippen LogP contribution in [0.2, 0.25) is 0 Å². The molecule has 0 aliphatic carbocycles. The summed E-state index contributed by atoms with van der Waals surface area (Å²) in [7, 11) is 0. The first-order valence-electron chi connectivity index (χ1n) is 5.38. The van der Waals surface area contributed by atoms with Crippen LogP contribution in [0, 0.1) is 25.2 Å². The maximum Gasteiger partial charge on any atom is 0.216 e. The highest BCUT2D eigenvalue weighted by atomic mass is 15.5. The Balaban J connectivity index is 2.22. The molecule has 0 bridgehead atoms. The minimum absolute atomic E-state index is 0.273. The number of hydrogen-bond donors (Lipinski definition) is 2. The lowest BCUT2D eigenvalue weighted by atomic mass is 10.1. The van der Waals surface area contributed by atoms with Crippen molar-refractivity contribution in [1.29, 1.82) is 5.26 Å². The Labute approximate surface area is 104 Å². The molecule has 1 aromatic carbocycles. The molecule has 2 aromatic rings. The highest BCUT2D eigenvalue weighted by molar-refractivity contribution is 5.74. The van der Waals surface area contributed by atoms with E-state index in [1.54, 1.807) is 6.20 Å². The van der Waals surface area contributed by atoms with Gasteiger partial charge in [0.15, 0.2) is 0 Å². The molecule has 90 valence electrons. The zero-order chi connectivity index (χ0) is 13.0. The van der Waals surface area contributed by atoms with E-state index in [0.29, 0.717) is 5.57 Å². The molecule has 0 radical (unpaired) electrons. The average Bonchev–Trinajstić information content (AvgIpc) is 2.86. The first kappa shape index (κ1) is 11.8. The predicted octanol–water partition coefficient (Wildman–Crippen LogP) is 1.79. The number of hydrogen-bond acceptors (Lipinski definition) is 5. The van der Waals surface area contributed by atoms with Crippen molar-refractivity contribution >= 4 is 11.3 Å². The van der Waals surface area contributed by atoms with Gasteiger partial charge >= 0.3 is 0 Å². The van der Waals surface area contributed by atoms with Crippen molar-refractivity contribution in [2.75, 3.05) is 5.32 Å². The largest absolute Gasteiger partial charge is 0.360 e. The molecule has 0 spiro atoms. The van der Waals surface area contributed by atoms with E-state index in [-0.39, 0.29) is 5.82 Å². The van der Waals surface area contributed by atoms with Crippen LogP contribution in [0.1, 0.15) is 17.0 Å². The smallest absolute Gasteiger partial charge is 0.216 e. The first-order valence-corrected chi connectivity index (χ1v) is 5.38. The maximum absolute atomic E-state index is 9.01. The number of anilines is 1. The fourth-order valence-corrected chi connectivity index (χ4v) is 1.55. The summed E-state index contributed by atoms with van der Waals surface area (Å²) in [4.78, 5) is 0. The topological polar surface area (TPSA) is 90.3 Å². The van der Waals surface area contributed by atoms with Crippen molar-refractivity contribution in [2.45, 2.75) is 13.8 Å². The van der Waals surface area contributed by atoms with Crippen LogP contribution < -0.4 is 5.32 Å². The number of nitrogens with one attached hydrogen (secondary N) is 2. The minimum atomic E-state index is 0.273. The van der Waals surface area contributed by atoms with Gasteiger partial charge in [-0.25, -0.2) is 0 Å². The van der Waals surface area contributed by atoms with Crippen molar-refractivity contribution in [2.24, 2.45) is 0 Å². The number of aryl methyl sites for hydroxylation is 2. The second kappa shape index (κ2) is 5.10. The van der Waals surface area contributed by atoms with Gasteiger partial charge in [0, 0.05) is 11.9 Å². The van der Waals surface area contributed by atoms with Crippen molar-refractivity contribution in [1.82, 2.24) is 20.6 Å². The molecule has 1 heterocycles. The summed E-state index contributed by atoms with van der Waals surface area (Å²) in [6.07, 6.45) is 1.57. The highest BCUT2D eigenvalue weighted by Gasteiger charge is 2.05. The third kappa shape index (κ3) is 2.52. The van der Waals surface area contributed by atoms with Crippen molar-refractivity contribution in [3.8, 4) is 6.07 Å². The van der Waals surface area contributed by atoms with E-state index in [9.17, 15) is 0 Å². The van der Waals surface area contributed by atoms with Gasteiger partial charge in [-0.3, -0.25) is 0 Å². The molecule has 2 N–H and O–H groups in total. The molecule has 2 rings (SSSR count). The number of H-pyrrole nitrogens is 1. The number of tetrazole rings is 1. The Bertz CT molecular complexity index is 606. The van der Waals surface area contributed by atoms with Gasteiger partial charge in [-0.05, 0) is 30.7 Å². The number of allylic oxidation sites excluding steroid dienone is 1. The second-order valence-electron chi connectivity index (χ2n) is 3.87. The fraction of sp³-hybridized carbons (Fsp3) is 0.167. The lowest BCUT2D eigenvalue weighted by Crippen LogP contribution is -1.95. The summed E-state index contributed by atoms with van der Waals surface area (Å²) in [5.74, 6) is 0.273. The number of benzene rings is 1. The van der Waals surface area contributed by atoms with Crippen molar-refractivity contribution in [3.05, 3.63) is 41.4 Å². The van der Waals surface area contributed by atoms with Gasteiger partial charge in [0.25, 0.3) is 0 Å². The number of rotatable bonds is 3. The van der Waals surface area contributed by atoms with E-state index in [4.69, 9.17) is 5.26 Å². The second-order valence-corrected chi connectivity index (χ2v) is 3.87. The third-order valence-corrected chi connectivity index (χ3v) is 2.46. The Morgan fingerprint density at radius 3 is 2.89 bits per heavy atom. The highest BCUT2D eigenvalue weighted by Crippen LogP contribution is 2.17. The van der Waals surface area contributed by atoms with Crippen molar-refractivity contribution in [3.63, 3.8) is 0 Å². The number of aromatic nitrogens is 4. The number of aromatic amines is 1. The maximum atomic E-state index is 9.01. The quantitative estimate of drug-likeness (QED) is 0.798. The summed E-state index contributed by atoms with van der Waals surface area (Å²) >= 11 is 0. The monoisotopic (exact) mass is 240 g/mol. The van der Waals surface area contributed by atoms with Gasteiger partial charge in [-0.2, -0.15) is 10.5 Å². The third-order valence-electron chi connectivity index (χ3n) is 2.46. The van der Waals surface area contributed by atoms with E-state index in [0.717, 1.165) is 11.3 Å². The van der Waals surface area contributed by atoms with Gasteiger partial charge in [0.2, 0.25) is 5.82 Å². The first-order chi connectivity index (χ1) is 8.70. The van der Waals surface area contributed by atoms with E-state index >= 15 is 0 Å². The van der Waals surface area contributed by atoms with Gasteiger partial charge in [0.05, 0.1) is 0 Å². The van der Waals surface area contributed by atoms with Crippen LogP contribution in [0.15, 0.2) is 24.4 Å². The molecule has 0 aliphatic heterocycles. The number of nitrogens with zero attached hydrogens (tertiary/aromatic N) is 4. The predicted molar refractivity (Wildman–Crippen MR) is 67.3 cm³/mol. The Kier molecular flexibility index (Phi) is 3.34. The summed E-state index contributed by atoms with van der Waals surface area (Å²) in [5, 5.41) is 25.3. The Morgan fingerprint density at radius 1 is 1.44 bits per heavy atom. The SMILES string of the molecule is Cc1ccc(NC=C(C#N)c2nn[nH]n2)c(C)c1. The van der Waals surface area contributed by atoms with E-state index in [1.807, 2.05) is 32.0 Å². The zero-order valence-corrected chi connectivity index (χ0v) is 10.1. The lowest BCUT2D eigenvalue weighted by molar-refractivity contribution is 0.881. The summed E-state index contributed by atoms with van der Waals surface area (Å²) < 4.78 is 0. The molecular formula is C12H12N6. The number of nitriles is 1. The molecule has 0 amide bonds. The van der Waals surface area contributed by atoms with Crippen LogP contribution in [-0.4, -0.2) is 20.6 Å². The van der Waals surface area contributed by atoms with Gasteiger partial charge in [-0.1, -0.05) is 17.7 Å². The van der Waals surface area contributed by atoms with Gasteiger partial charge < -0.3 is 5.32 Å². The molecule has 6 heteroatoms. The lowest BCUT2D eigenvalue weighted by Gasteiger charge is -2.06. The molecule has 18 heavy (non-hydrogen) atoms. The van der Waals surface area contributed by atoms with Crippen LogP contribution in [0.5, 0.6) is 0 Å². The van der Waals surface area contributed by atoms with Crippen LogP contribution >= 0.6 is 0 Å². The molecule has 0 atom stereocenters. The Hall–Kier alpha value is -2.68. The molecule has 0 fully saturated rings. The molecule has 0 aliphatic rings. The van der Waals surface area contributed by atoms with Gasteiger partial charge in [0.1, 0.15) is 11.6 Å². The average molecular weight is 240 g/mol. The van der Waals surface area contributed by atoms with Crippen molar-refractivity contribution < 1.29 is 0 Å². The van der Waals surface area contributed by atoms with Crippen LogP contribution in [0.3, 0.4) is 0 Å². The summed E-state index contributed by atoms with van der Waals surface area (Å²) in [6, 6.07) is 8.05. The van der Waals surface area contributed by atoms with E-state index in [1.165, 1.54) is 5.56 Å². The molecule has 6 nitrogen and oxygen atoms in total. The summed E-state index contributed by atoms with van der Waals surface area (Å²) in [5.41, 5.74) is 3.57. The van der Waals surface area contributed by atoms with E-state index < -0.39 is 0 Å². The zero-order valence-electron chi connectivity index (χ0n) is 10.1. The Morgan fingerprint density at radius 2 is 2.28 bits per heavy atom. The molecule has 0 unspecified atom stereocenters. The molecule has 0 saturated heterocycles. The molecule has 0 saturated carbocycles. The normalized spacial score (nSPS) is 11.1. The minimum Gasteiger partial charge on any atom is -0.360 e. The molecule has 1 aromatic heterocycles. The standard InChI is InChI=1S/C12H12N6/c1-8-3-4-11(9(2)5-8)14-7-10(6-13)12-15-17-18-16-12/h3-5,7,14H,1-2H3,(H,15,16,17,18). The molecular weight excluding hydrogens is 228 g/mol.